The molecule has 3 rings (SSSR count). The van der Waals surface area contributed by atoms with Crippen LogP contribution in [0.1, 0.15) is 28.6 Å². The van der Waals surface area contributed by atoms with Crippen LogP contribution in [0.2, 0.25) is 0 Å². The minimum absolute atomic E-state index is 0.194. The number of benzene rings is 1. The second-order valence-corrected chi connectivity index (χ2v) is 4.76. The Labute approximate surface area is 112 Å². The lowest BCUT2D eigenvalue weighted by Gasteiger charge is -2.13. The fraction of sp³-hybridized carbons (Fsp3) is 0.462. The summed E-state index contributed by atoms with van der Waals surface area (Å²) in [7, 11) is 0. The lowest BCUT2D eigenvalue weighted by molar-refractivity contribution is -0.0489. The standard InChI is InChI=1S/C13H12F3NO3/c14-7-5-10(7)17-12(18)6-3-8(15)11(9(16)4-6)13-19-1-2-20-13/h3-4,7,10,13H,1-2,5H2,(H,17,18). The summed E-state index contributed by atoms with van der Waals surface area (Å²) in [6.45, 7) is 0.511. The van der Waals surface area contributed by atoms with Gasteiger partial charge >= 0.3 is 0 Å². The van der Waals surface area contributed by atoms with Gasteiger partial charge in [0.05, 0.1) is 24.8 Å². The lowest BCUT2D eigenvalue weighted by Crippen LogP contribution is -2.27. The average Bonchev–Trinajstić information content (AvgIpc) is 2.89. The molecule has 2 atom stereocenters. The van der Waals surface area contributed by atoms with Crippen molar-refractivity contribution in [1.29, 1.82) is 0 Å². The smallest absolute Gasteiger partial charge is 0.251 e. The van der Waals surface area contributed by atoms with Crippen molar-refractivity contribution in [1.82, 2.24) is 5.32 Å². The molecule has 0 radical (unpaired) electrons. The Morgan fingerprint density at radius 3 is 2.25 bits per heavy atom. The summed E-state index contributed by atoms with van der Waals surface area (Å²) in [5.41, 5.74) is -0.547. The van der Waals surface area contributed by atoms with Crippen LogP contribution in [-0.2, 0) is 9.47 Å². The van der Waals surface area contributed by atoms with Crippen LogP contribution in [0.15, 0.2) is 12.1 Å². The zero-order valence-corrected chi connectivity index (χ0v) is 10.4. The van der Waals surface area contributed by atoms with Crippen molar-refractivity contribution in [3.8, 4) is 0 Å². The number of rotatable bonds is 3. The van der Waals surface area contributed by atoms with Gasteiger partial charge in [-0.2, -0.15) is 0 Å². The quantitative estimate of drug-likeness (QED) is 0.923. The maximum atomic E-state index is 13.9. The van der Waals surface area contributed by atoms with Crippen LogP contribution in [0.3, 0.4) is 0 Å². The van der Waals surface area contributed by atoms with Gasteiger partial charge in [0.25, 0.3) is 5.91 Å². The Kier molecular flexibility index (Phi) is 3.39. The molecule has 1 aromatic carbocycles. The van der Waals surface area contributed by atoms with E-state index in [2.05, 4.69) is 5.32 Å². The third-order valence-electron chi connectivity index (χ3n) is 3.23. The normalized spacial score (nSPS) is 25.8. The molecule has 4 nitrogen and oxygen atoms in total. The maximum Gasteiger partial charge on any atom is 0.251 e. The number of amides is 1. The molecule has 2 aliphatic rings. The zero-order chi connectivity index (χ0) is 14.3. The van der Waals surface area contributed by atoms with E-state index < -0.39 is 36.0 Å². The topological polar surface area (TPSA) is 47.6 Å². The summed E-state index contributed by atoms with van der Waals surface area (Å²) >= 11 is 0. The zero-order valence-electron chi connectivity index (χ0n) is 10.4. The molecule has 7 heteroatoms. The fourth-order valence-electron chi connectivity index (χ4n) is 2.03. The fourth-order valence-corrected chi connectivity index (χ4v) is 2.03. The van der Waals surface area contributed by atoms with Crippen LogP contribution in [0.5, 0.6) is 0 Å². The van der Waals surface area contributed by atoms with E-state index in [9.17, 15) is 18.0 Å². The highest BCUT2D eigenvalue weighted by Gasteiger charge is 2.39. The minimum Gasteiger partial charge on any atom is -0.346 e. The van der Waals surface area contributed by atoms with Crippen molar-refractivity contribution in [2.24, 2.45) is 0 Å². The predicted molar refractivity (Wildman–Crippen MR) is 61.8 cm³/mol. The van der Waals surface area contributed by atoms with Gasteiger partial charge in [-0.25, -0.2) is 13.2 Å². The van der Waals surface area contributed by atoms with Gasteiger partial charge in [0.15, 0.2) is 6.29 Å². The third kappa shape index (κ3) is 2.51. The van der Waals surface area contributed by atoms with Gasteiger partial charge in [-0.1, -0.05) is 0 Å². The molecule has 20 heavy (non-hydrogen) atoms. The summed E-state index contributed by atoms with van der Waals surface area (Å²) in [5.74, 6) is -2.54. The van der Waals surface area contributed by atoms with Crippen LogP contribution in [0.4, 0.5) is 13.2 Å². The first-order valence-electron chi connectivity index (χ1n) is 6.23. The number of alkyl halides is 1. The van der Waals surface area contributed by atoms with Crippen molar-refractivity contribution in [3.05, 3.63) is 34.9 Å². The number of ether oxygens (including phenoxy) is 2. The molecule has 1 aliphatic carbocycles. The molecule has 1 amide bonds. The summed E-state index contributed by atoms with van der Waals surface area (Å²) in [6, 6.07) is 1.23. The molecule has 0 spiro atoms. The van der Waals surface area contributed by atoms with Crippen LogP contribution in [-0.4, -0.2) is 31.3 Å². The van der Waals surface area contributed by atoms with Crippen LogP contribution in [0.25, 0.3) is 0 Å². The van der Waals surface area contributed by atoms with E-state index in [4.69, 9.17) is 9.47 Å². The van der Waals surface area contributed by atoms with Crippen molar-refractivity contribution in [2.75, 3.05) is 13.2 Å². The summed E-state index contributed by atoms with van der Waals surface area (Å²) in [6.07, 6.45) is -1.93. The molecule has 1 aliphatic heterocycles. The Hall–Kier alpha value is -1.60. The molecule has 2 unspecified atom stereocenters. The van der Waals surface area contributed by atoms with Gasteiger partial charge in [0, 0.05) is 12.0 Å². The Morgan fingerprint density at radius 1 is 1.20 bits per heavy atom. The number of hydrogen-bond acceptors (Lipinski definition) is 3. The molecule has 108 valence electrons. The van der Waals surface area contributed by atoms with Gasteiger partial charge in [-0.05, 0) is 12.1 Å². The molecular weight excluding hydrogens is 275 g/mol. The van der Waals surface area contributed by atoms with E-state index in [0.29, 0.717) is 0 Å². The van der Waals surface area contributed by atoms with Crippen molar-refractivity contribution in [2.45, 2.75) is 24.9 Å². The molecule has 2 fully saturated rings. The van der Waals surface area contributed by atoms with Crippen LogP contribution in [0, 0.1) is 11.6 Å². The maximum absolute atomic E-state index is 13.9. The van der Waals surface area contributed by atoms with Crippen molar-refractivity contribution in [3.63, 3.8) is 0 Å². The monoisotopic (exact) mass is 287 g/mol. The van der Waals surface area contributed by atoms with Gasteiger partial charge in [-0.15, -0.1) is 0 Å². The molecular formula is C13H12F3NO3. The SMILES string of the molecule is O=C(NC1CC1F)c1cc(F)c(C2OCCO2)c(F)c1. The van der Waals surface area contributed by atoms with E-state index >= 15 is 0 Å². The van der Waals surface area contributed by atoms with Gasteiger partial charge in [0.1, 0.15) is 17.8 Å². The molecule has 1 heterocycles. The summed E-state index contributed by atoms with van der Waals surface area (Å²) < 4.78 is 50.6. The first-order chi connectivity index (χ1) is 9.56. The molecule has 1 N–H and O–H groups in total. The summed E-state index contributed by atoms with van der Waals surface area (Å²) in [4.78, 5) is 11.7. The van der Waals surface area contributed by atoms with Gasteiger partial charge in [0.2, 0.25) is 0 Å². The molecule has 1 aromatic rings. The lowest BCUT2D eigenvalue weighted by atomic mass is 10.1. The largest absolute Gasteiger partial charge is 0.346 e. The van der Waals surface area contributed by atoms with Crippen LogP contribution >= 0.6 is 0 Å². The molecule has 0 aromatic heterocycles. The number of carbonyl (C=O) groups is 1. The average molecular weight is 287 g/mol. The second kappa shape index (κ2) is 5.06. The van der Waals surface area contributed by atoms with E-state index in [1.807, 2.05) is 0 Å². The number of nitrogens with one attached hydrogen (secondary N) is 1. The van der Waals surface area contributed by atoms with Gasteiger partial charge in [-0.3, -0.25) is 4.79 Å². The number of hydrogen-bond donors (Lipinski definition) is 1. The minimum atomic E-state index is -1.09. The van der Waals surface area contributed by atoms with E-state index in [1.54, 1.807) is 0 Å². The highest BCUT2D eigenvalue weighted by molar-refractivity contribution is 5.94. The van der Waals surface area contributed by atoms with Crippen molar-refractivity contribution < 1.29 is 27.4 Å². The van der Waals surface area contributed by atoms with Gasteiger partial charge < -0.3 is 14.8 Å². The van der Waals surface area contributed by atoms with E-state index in [-0.39, 0.29) is 30.8 Å². The third-order valence-corrected chi connectivity index (χ3v) is 3.23. The van der Waals surface area contributed by atoms with E-state index in [1.165, 1.54) is 0 Å². The molecule has 0 bridgehead atoms. The van der Waals surface area contributed by atoms with Crippen molar-refractivity contribution >= 4 is 5.91 Å². The highest BCUT2D eigenvalue weighted by atomic mass is 19.1. The first-order valence-corrected chi connectivity index (χ1v) is 6.23. The Bertz CT molecular complexity index is 523. The number of carbonyl (C=O) groups excluding carboxylic acids is 1. The molecule has 1 saturated carbocycles. The second-order valence-electron chi connectivity index (χ2n) is 4.76. The van der Waals surface area contributed by atoms with E-state index in [0.717, 1.165) is 12.1 Å². The Balaban J connectivity index is 1.81. The number of halogens is 3. The highest BCUT2D eigenvalue weighted by Crippen LogP contribution is 2.29. The first kappa shape index (κ1) is 13.4. The molecule has 1 saturated heterocycles. The summed E-state index contributed by atoms with van der Waals surface area (Å²) in [5, 5.41) is 2.35. The van der Waals surface area contributed by atoms with Crippen LogP contribution < -0.4 is 5.32 Å². The predicted octanol–water partition coefficient (Wildman–Crippen LogP) is 1.85. The Morgan fingerprint density at radius 2 is 1.75 bits per heavy atom.